The molecule has 0 aliphatic heterocycles. The Morgan fingerprint density at radius 1 is 1.04 bits per heavy atom. The van der Waals surface area contributed by atoms with Crippen molar-refractivity contribution in [2.45, 2.75) is 11.3 Å². The van der Waals surface area contributed by atoms with E-state index in [2.05, 4.69) is 10.1 Å². The molecule has 0 bridgehead atoms. The summed E-state index contributed by atoms with van der Waals surface area (Å²) in [6.07, 6.45) is 0.603. The fraction of sp³-hybridized carbons (Fsp3) is 0.200. The summed E-state index contributed by atoms with van der Waals surface area (Å²) in [6.45, 7) is 0.325. The van der Waals surface area contributed by atoms with E-state index in [9.17, 15) is 8.42 Å². The predicted octanol–water partition coefficient (Wildman–Crippen LogP) is 1.92. The molecule has 6 nitrogen and oxygen atoms in total. The van der Waals surface area contributed by atoms with Crippen LogP contribution in [0.25, 0.3) is 0 Å². The molecule has 2 aromatic carbocycles. The van der Waals surface area contributed by atoms with Gasteiger partial charge in [0, 0.05) is 12.2 Å². The zero-order valence-corrected chi connectivity index (χ0v) is 14.3. The molecule has 0 amide bonds. The van der Waals surface area contributed by atoms with Gasteiger partial charge in [0.2, 0.25) is 10.0 Å². The summed E-state index contributed by atoms with van der Waals surface area (Å²) >= 11 is 0. The predicted molar refractivity (Wildman–Crippen MR) is 93.4 cm³/mol. The number of benzene rings is 2. The number of sulfonamides is 1. The van der Waals surface area contributed by atoms with Crippen LogP contribution in [-0.4, -0.2) is 22.1 Å². The second-order valence-electron chi connectivity index (χ2n) is 4.66. The third kappa shape index (κ3) is 5.40. The fourth-order valence-corrected chi connectivity index (χ4v) is 2.97. The summed E-state index contributed by atoms with van der Waals surface area (Å²) in [4.78, 5) is 0.209. The normalized spacial score (nSPS) is 10.7. The molecule has 0 saturated heterocycles. The van der Waals surface area contributed by atoms with Crippen molar-refractivity contribution in [2.75, 3.05) is 19.1 Å². The molecule has 0 aliphatic rings. The van der Waals surface area contributed by atoms with Gasteiger partial charge in [-0.2, -0.15) is 0 Å². The molecule has 0 atom stereocenters. The number of hydrogen-bond donors (Lipinski definition) is 3. The Kier molecular flexibility index (Phi) is 7.31. The first-order valence-electron chi connectivity index (χ1n) is 6.74. The van der Waals surface area contributed by atoms with Crippen molar-refractivity contribution in [2.24, 2.45) is 5.84 Å². The average molecular weight is 358 g/mol. The number of nitrogens with two attached hydrogens (primary N) is 1. The number of hydrogen-bond acceptors (Lipinski definition) is 5. The van der Waals surface area contributed by atoms with Crippen LogP contribution in [0.1, 0.15) is 5.56 Å². The lowest BCUT2D eigenvalue weighted by Gasteiger charge is -2.08. The highest BCUT2D eigenvalue weighted by Crippen LogP contribution is 2.14. The Bertz CT molecular complexity index is 704. The summed E-state index contributed by atoms with van der Waals surface area (Å²) in [7, 11) is -1.91. The van der Waals surface area contributed by atoms with E-state index < -0.39 is 10.0 Å². The Hall–Kier alpha value is -1.80. The maximum atomic E-state index is 12.1. The van der Waals surface area contributed by atoms with Gasteiger partial charge < -0.3 is 10.2 Å². The van der Waals surface area contributed by atoms with Gasteiger partial charge in [0.25, 0.3) is 0 Å². The Morgan fingerprint density at radius 2 is 1.65 bits per heavy atom. The van der Waals surface area contributed by atoms with Crippen LogP contribution < -0.4 is 20.7 Å². The molecule has 4 N–H and O–H groups in total. The molecule has 0 aromatic heterocycles. The topological polar surface area (TPSA) is 93.4 Å². The first-order chi connectivity index (χ1) is 10.5. The van der Waals surface area contributed by atoms with Gasteiger partial charge in [-0.1, -0.05) is 12.1 Å². The highest BCUT2D eigenvalue weighted by Gasteiger charge is 2.12. The van der Waals surface area contributed by atoms with Crippen molar-refractivity contribution in [3.8, 4) is 5.75 Å². The molecule has 0 saturated carbocycles. The monoisotopic (exact) mass is 357 g/mol. The standard InChI is InChI=1S/C15H19N3O3S.ClH/c1-21-14-6-2-12(3-7-14)10-11-17-22(19,20)15-8-4-13(18-16)5-9-15;/h2-9,17-18H,10-11,16H2,1H3;1H. The van der Waals surface area contributed by atoms with Crippen LogP contribution in [0, 0.1) is 0 Å². The van der Waals surface area contributed by atoms with Crippen LogP contribution >= 0.6 is 12.4 Å². The molecule has 8 heteroatoms. The van der Waals surface area contributed by atoms with E-state index in [1.807, 2.05) is 24.3 Å². The van der Waals surface area contributed by atoms with Crippen molar-refractivity contribution >= 4 is 28.1 Å². The molecular formula is C15H20ClN3O3S. The molecule has 0 radical (unpaired) electrons. The lowest BCUT2D eigenvalue weighted by Crippen LogP contribution is -2.26. The van der Waals surface area contributed by atoms with E-state index in [4.69, 9.17) is 10.6 Å². The number of anilines is 1. The first-order valence-corrected chi connectivity index (χ1v) is 8.23. The molecule has 0 heterocycles. The fourth-order valence-electron chi connectivity index (χ4n) is 1.94. The van der Waals surface area contributed by atoms with Gasteiger partial charge in [0.15, 0.2) is 0 Å². The summed E-state index contributed by atoms with van der Waals surface area (Å²) in [5.74, 6) is 6.03. The van der Waals surface area contributed by atoms with Gasteiger partial charge in [-0.25, -0.2) is 13.1 Å². The van der Waals surface area contributed by atoms with E-state index >= 15 is 0 Å². The second kappa shape index (κ2) is 8.73. The van der Waals surface area contributed by atoms with Crippen LogP contribution in [0.5, 0.6) is 5.75 Å². The number of ether oxygens (including phenoxy) is 1. The largest absolute Gasteiger partial charge is 0.497 e. The number of hydrazine groups is 1. The van der Waals surface area contributed by atoms with Crippen molar-refractivity contribution in [1.29, 1.82) is 0 Å². The number of halogens is 1. The van der Waals surface area contributed by atoms with E-state index in [0.717, 1.165) is 11.3 Å². The van der Waals surface area contributed by atoms with Crippen molar-refractivity contribution in [3.63, 3.8) is 0 Å². The van der Waals surface area contributed by atoms with Gasteiger partial charge in [-0.05, 0) is 48.4 Å². The first kappa shape index (κ1) is 19.2. The lowest BCUT2D eigenvalue weighted by atomic mass is 10.1. The van der Waals surface area contributed by atoms with Crippen LogP contribution in [-0.2, 0) is 16.4 Å². The molecule has 0 fully saturated rings. The molecule has 2 aromatic rings. The third-order valence-corrected chi connectivity index (χ3v) is 4.67. The Morgan fingerprint density at radius 3 is 2.17 bits per heavy atom. The van der Waals surface area contributed by atoms with Gasteiger partial charge >= 0.3 is 0 Å². The Labute approximate surface area is 142 Å². The van der Waals surface area contributed by atoms with Crippen LogP contribution in [0.2, 0.25) is 0 Å². The molecule has 0 aliphatic carbocycles. The third-order valence-electron chi connectivity index (χ3n) is 3.20. The van der Waals surface area contributed by atoms with E-state index in [-0.39, 0.29) is 17.3 Å². The van der Waals surface area contributed by atoms with Crippen molar-refractivity contribution < 1.29 is 13.2 Å². The van der Waals surface area contributed by atoms with E-state index in [1.54, 1.807) is 19.2 Å². The van der Waals surface area contributed by atoms with Crippen LogP contribution in [0.4, 0.5) is 5.69 Å². The van der Waals surface area contributed by atoms with Gasteiger partial charge in [-0.15, -0.1) is 12.4 Å². The SMILES string of the molecule is COc1ccc(CCNS(=O)(=O)c2ccc(NN)cc2)cc1.Cl. The number of rotatable bonds is 7. The van der Waals surface area contributed by atoms with Gasteiger partial charge in [-0.3, -0.25) is 5.84 Å². The summed E-state index contributed by atoms with van der Waals surface area (Å²) in [5.41, 5.74) is 4.14. The summed E-state index contributed by atoms with van der Waals surface area (Å²) in [5, 5.41) is 0. The number of methoxy groups -OCH3 is 1. The minimum atomic E-state index is -3.51. The van der Waals surface area contributed by atoms with Crippen LogP contribution in [0.3, 0.4) is 0 Å². The maximum absolute atomic E-state index is 12.1. The second-order valence-corrected chi connectivity index (χ2v) is 6.43. The molecule has 23 heavy (non-hydrogen) atoms. The van der Waals surface area contributed by atoms with E-state index in [1.165, 1.54) is 12.1 Å². The zero-order chi connectivity index (χ0) is 16.0. The number of nitrogen functional groups attached to an aromatic ring is 1. The molecule has 126 valence electrons. The summed E-state index contributed by atoms with van der Waals surface area (Å²) in [6, 6.07) is 13.8. The quantitative estimate of drug-likeness (QED) is 0.520. The van der Waals surface area contributed by atoms with Crippen molar-refractivity contribution in [3.05, 3.63) is 54.1 Å². The van der Waals surface area contributed by atoms with E-state index in [0.29, 0.717) is 18.7 Å². The molecular weight excluding hydrogens is 338 g/mol. The minimum Gasteiger partial charge on any atom is -0.497 e. The highest BCUT2D eigenvalue weighted by molar-refractivity contribution is 7.89. The molecule has 0 spiro atoms. The molecule has 2 rings (SSSR count). The Balaban J connectivity index is 0.00000264. The average Bonchev–Trinajstić information content (AvgIpc) is 2.55. The van der Waals surface area contributed by atoms with Crippen LogP contribution in [0.15, 0.2) is 53.4 Å². The zero-order valence-electron chi connectivity index (χ0n) is 12.7. The maximum Gasteiger partial charge on any atom is 0.240 e. The minimum absolute atomic E-state index is 0. The van der Waals surface area contributed by atoms with Gasteiger partial charge in [0.05, 0.1) is 12.0 Å². The lowest BCUT2D eigenvalue weighted by molar-refractivity contribution is 0.414. The highest BCUT2D eigenvalue weighted by atomic mass is 35.5. The summed E-state index contributed by atoms with van der Waals surface area (Å²) < 4.78 is 31.9. The van der Waals surface area contributed by atoms with Crippen molar-refractivity contribution in [1.82, 2.24) is 4.72 Å². The van der Waals surface area contributed by atoms with Gasteiger partial charge in [0.1, 0.15) is 5.75 Å². The number of nitrogens with one attached hydrogen (secondary N) is 2. The smallest absolute Gasteiger partial charge is 0.240 e. The molecule has 0 unspecified atom stereocenters.